The highest BCUT2D eigenvalue weighted by Gasteiger charge is 2.08. The Morgan fingerprint density at radius 2 is 2.23 bits per heavy atom. The van der Waals surface area contributed by atoms with Crippen LogP contribution in [0.2, 0.25) is 0 Å². The number of nitrogens with two attached hydrogens (primary N) is 1. The molecule has 0 aromatic heterocycles. The molecule has 0 saturated heterocycles. The van der Waals surface area contributed by atoms with Crippen molar-refractivity contribution in [1.82, 2.24) is 4.90 Å². The van der Waals surface area contributed by atoms with Crippen LogP contribution in [0.5, 0.6) is 0 Å². The van der Waals surface area contributed by atoms with Crippen molar-refractivity contribution in [3.05, 3.63) is 0 Å². The van der Waals surface area contributed by atoms with Crippen molar-refractivity contribution in [2.45, 2.75) is 32.3 Å². The second-order valence-corrected chi connectivity index (χ2v) is 3.35. The normalized spacial score (nSPS) is 12.6. The Bertz CT molecular complexity index is 149. The topological polar surface area (TPSA) is 66.6 Å². The Balaban J connectivity index is 3.57. The Morgan fingerprint density at radius 1 is 1.62 bits per heavy atom. The van der Waals surface area contributed by atoms with Gasteiger partial charge in [0, 0.05) is 20.0 Å². The van der Waals surface area contributed by atoms with E-state index in [0.717, 1.165) is 6.42 Å². The highest BCUT2D eigenvalue weighted by molar-refractivity contribution is 5.75. The van der Waals surface area contributed by atoms with Gasteiger partial charge in [-0.25, -0.2) is 0 Å². The highest BCUT2D eigenvalue weighted by atomic mass is 16.3. The molecule has 0 aromatic rings. The van der Waals surface area contributed by atoms with E-state index in [1.165, 1.54) is 0 Å². The quantitative estimate of drug-likeness (QED) is 0.614. The maximum atomic E-state index is 11.3. The van der Waals surface area contributed by atoms with E-state index >= 15 is 0 Å². The molecule has 4 heteroatoms. The van der Waals surface area contributed by atoms with E-state index < -0.39 is 0 Å². The number of aliphatic hydroxyl groups excluding tert-OH is 1. The Morgan fingerprint density at radius 3 is 2.69 bits per heavy atom. The lowest BCUT2D eigenvalue weighted by molar-refractivity contribution is -0.130. The molecule has 0 bridgehead atoms. The van der Waals surface area contributed by atoms with Crippen LogP contribution in [0.1, 0.15) is 26.2 Å². The van der Waals surface area contributed by atoms with Crippen molar-refractivity contribution in [3.63, 3.8) is 0 Å². The molecule has 0 fully saturated rings. The summed E-state index contributed by atoms with van der Waals surface area (Å²) in [4.78, 5) is 12.9. The van der Waals surface area contributed by atoms with Crippen molar-refractivity contribution < 1.29 is 9.90 Å². The lowest BCUT2D eigenvalue weighted by Gasteiger charge is -2.17. The zero-order valence-corrected chi connectivity index (χ0v) is 8.49. The minimum Gasteiger partial charge on any atom is -0.393 e. The third-order valence-corrected chi connectivity index (χ3v) is 1.90. The first-order valence-corrected chi connectivity index (χ1v) is 4.70. The predicted octanol–water partition coefficient (Wildman–Crippen LogP) is -0.0454. The van der Waals surface area contributed by atoms with E-state index in [1.807, 2.05) is 0 Å². The van der Waals surface area contributed by atoms with Crippen LogP contribution >= 0.6 is 0 Å². The molecule has 3 N–H and O–H groups in total. The molecule has 78 valence electrons. The SMILES string of the molecule is CC(O)CCN(C)C(=O)CCCN. The fourth-order valence-electron chi connectivity index (χ4n) is 0.949. The molecule has 0 spiro atoms. The van der Waals surface area contributed by atoms with Crippen LogP contribution in [0.4, 0.5) is 0 Å². The van der Waals surface area contributed by atoms with Crippen LogP contribution in [0.25, 0.3) is 0 Å². The highest BCUT2D eigenvalue weighted by Crippen LogP contribution is 1.98. The van der Waals surface area contributed by atoms with Crippen molar-refractivity contribution >= 4 is 5.91 Å². The summed E-state index contributed by atoms with van der Waals surface area (Å²) < 4.78 is 0. The standard InChI is InChI=1S/C9H20N2O2/c1-8(12)5-7-11(2)9(13)4-3-6-10/h8,12H,3-7,10H2,1-2H3. The van der Waals surface area contributed by atoms with Crippen LogP contribution in [-0.4, -0.2) is 42.2 Å². The minimum atomic E-state index is -0.343. The summed E-state index contributed by atoms with van der Waals surface area (Å²) in [6, 6.07) is 0. The van der Waals surface area contributed by atoms with Crippen molar-refractivity contribution in [1.29, 1.82) is 0 Å². The van der Waals surface area contributed by atoms with Crippen molar-refractivity contribution in [2.75, 3.05) is 20.1 Å². The number of aliphatic hydroxyl groups is 1. The first-order valence-electron chi connectivity index (χ1n) is 4.70. The summed E-state index contributed by atoms with van der Waals surface area (Å²) >= 11 is 0. The monoisotopic (exact) mass is 188 g/mol. The molecule has 0 rings (SSSR count). The van der Waals surface area contributed by atoms with Gasteiger partial charge in [0.25, 0.3) is 0 Å². The average Bonchev–Trinajstić information content (AvgIpc) is 2.10. The third-order valence-electron chi connectivity index (χ3n) is 1.90. The Labute approximate surface area is 79.7 Å². The molecular weight excluding hydrogens is 168 g/mol. The molecule has 1 atom stereocenters. The van der Waals surface area contributed by atoms with E-state index in [2.05, 4.69) is 0 Å². The van der Waals surface area contributed by atoms with Gasteiger partial charge in [0.1, 0.15) is 0 Å². The number of nitrogens with zero attached hydrogens (tertiary/aromatic N) is 1. The fourth-order valence-corrected chi connectivity index (χ4v) is 0.949. The van der Waals surface area contributed by atoms with Crippen LogP contribution in [0.3, 0.4) is 0 Å². The van der Waals surface area contributed by atoms with Gasteiger partial charge in [-0.15, -0.1) is 0 Å². The molecule has 1 unspecified atom stereocenters. The largest absolute Gasteiger partial charge is 0.393 e. The Hall–Kier alpha value is -0.610. The first-order chi connectivity index (χ1) is 6.07. The number of carbonyl (C=O) groups is 1. The molecule has 1 amide bonds. The summed E-state index contributed by atoms with van der Waals surface area (Å²) in [5.74, 6) is 0.103. The van der Waals surface area contributed by atoms with Crippen LogP contribution in [-0.2, 0) is 4.79 Å². The summed E-state index contributed by atoms with van der Waals surface area (Å²) in [5, 5.41) is 9.00. The smallest absolute Gasteiger partial charge is 0.222 e. The minimum absolute atomic E-state index is 0.103. The number of hydrogen-bond donors (Lipinski definition) is 2. The van der Waals surface area contributed by atoms with Gasteiger partial charge < -0.3 is 15.7 Å². The van der Waals surface area contributed by atoms with Gasteiger partial charge in [0.2, 0.25) is 5.91 Å². The van der Waals surface area contributed by atoms with Gasteiger partial charge in [-0.2, -0.15) is 0 Å². The number of rotatable bonds is 6. The van der Waals surface area contributed by atoms with Crippen LogP contribution in [0.15, 0.2) is 0 Å². The van der Waals surface area contributed by atoms with E-state index in [0.29, 0.717) is 25.9 Å². The Kier molecular flexibility index (Phi) is 6.54. The first kappa shape index (κ1) is 12.4. The summed E-state index contributed by atoms with van der Waals surface area (Å²) in [5.41, 5.74) is 5.29. The second-order valence-electron chi connectivity index (χ2n) is 3.35. The van der Waals surface area contributed by atoms with Gasteiger partial charge >= 0.3 is 0 Å². The third kappa shape index (κ3) is 6.54. The van der Waals surface area contributed by atoms with E-state index in [1.54, 1.807) is 18.9 Å². The molecule has 0 aliphatic carbocycles. The number of hydrogen-bond acceptors (Lipinski definition) is 3. The molecule has 0 aliphatic heterocycles. The summed E-state index contributed by atoms with van der Waals surface area (Å²) in [6.07, 6.45) is 1.53. The molecular formula is C9H20N2O2. The summed E-state index contributed by atoms with van der Waals surface area (Å²) in [7, 11) is 1.75. The maximum absolute atomic E-state index is 11.3. The van der Waals surface area contributed by atoms with Gasteiger partial charge in [-0.3, -0.25) is 4.79 Å². The van der Waals surface area contributed by atoms with E-state index in [4.69, 9.17) is 10.8 Å². The second kappa shape index (κ2) is 6.86. The lowest BCUT2D eigenvalue weighted by Crippen LogP contribution is -2.29. The molecule has 0 radical (unpaired) electrons. The summed E-state index contributed by atoms with van der Waals surface area (Å²) in [6.45, 7) is 2.88. The maximum Gasteiger partial charge on any atom is 0.222 e. The van der Waals surface area contributed by atoms with Gasteiger partial charge in [0.05, 0.1) is 6.10 Å². The molecule has 4 nitrogen and oxygen atoms in total. The molecule has 0 saturated carbocycles. The van der Waals surface area contributed by atoms with Gasteiger partial charge in [-0.05, 0) is 26.3 Å². The zero-order chi connectivity index (χ0) is 10.3. The average molecular weight is 188 g/mol. The van der Waals surface area contributed by atoms with Crippen molar-refractivity contribution in [3.8, 4) is 0 Å². The molecule has 0 aromatic carbocycles. The zero-order valence-electron chi connectivity index (χ0n) is 8.49. The predicted molar refractivity (Wildman–Crippen MR) is 52.2 cm³/mol. The van der Waals surface area contributed by atoms with Gasteiger partial charge in [-0.1, -0.05) is 0 Å². The van der Waals surface area contributed by atoms with Crippen molar-refractivity contribution in [2.24, 2.45) is 5.73 Å². The molecule has 13 heavy (non-hydrogen) atoms. The van der Waals surface area contributed by atoms with Gasteiger partial charge in [0.15, 0.2) is 0 Å². The lowest BCUT2D eigenvalue weighted by atomic mass is 10.2. The van der Waals surface area contributed by atoms with E-state index in [-0.39, 0.29) is 12.0 Å². The van der Waals surface area contributed by atoms with Crippen LogP contribution in [0, 0.1) is 0 Å². The van der Waals surface area contributed by atoms with E-state index in [9.17, 15) is 4.79 Å². The fraction of sp³-hybridized carbons (Fsp3) is 0.889. The molecule has 0 aliphatic rings. The number of amides is 1. The number of carbonyl (C=O) groups excluding carboxylic acids is 1. The molecule has 0 heterocycles. The van der Waals surface area contributed by atoms with Crippen LogP contribution < -0.4 is 5.73 Å².